The maximum Gasteiger partial charge on any atom is 0.0952 e. The van der Waals surface area contributed by atoms with Crippen molar-refractivity contribution in [1.29, 1.82) is 5.26 Å². The lowest BCUT2D eigenvalue weighted by Gasteiger charge is -2.25. The molecule has 1 rings (SSSR count). The smallest absolute Gasteiger partial charge is 0.0952 e. The Hall–Kier alpha value is -0.550. The zero-order chi connectivity index (χ0) is 10.4. The molecule has 0 aromatic rings. The number of nitrogens with zero attached hydrogens (tertiary/aromatic N) is 1. The number of hydrogen-bond donors (Lipinski definition) is 1. The molecule has 0 aromatic heterocycles. The molecule has 0 heterocycles. The molecule has 2 heteroatoms. The highest BCUT2D eigenvalue weighted by atomic mass is 15.0. The number of nitrogens with one attached hydrogen (secondary N) is 1. The second-order valence-corrected chi connectivity index (χ2v) is 4.48. The molecule has 0 saturated heterocycles. The highest BCUT2D eigenvalue weighted by Gasteiger charge is 2.21. The Morgan fingerprint density at radius 3 is 2.71 bits per heavy atom. The standard InChI is InChI=1S/C12H22N2/c1-3-11(9-13)14-12-8-6-4-5-7-10(12)2/h10-12,14H,3-8H2,1-2H3. The van der Waals surface area contributed by atoms with Crippen LogP contribution in [-0.4, -0.2) is 12.1 Å². The summed E-state index contributed by atoms with van der Waals surface area (Å²) in [6, 6.07) is 2.96. The van der Waals surface area contributed by atoms with Crippen molar-refractivity contribution in [2.45, 2.75) is 64.5 Å². The molecule has 80 valence electrons. The van der Waals surface area contributed by atoms with Crippen molar-refractivity contribution in [3.05, 3.63) is 0 Å². The van der Waals surface area contributed by atoms with Gasteiger partial charge in [0.1, 0.15) is 0 Å². The lowest BCUT2D eigenvalue weighted by molar-refractivity contribution is 0.338. The van der Waals surface area contributed by atoms with E-state index in [-0.39, 0.29) is 6.04 Å². The zero-order valence-electron chi connectivity index (χ0n) is 9.42. The van der Waals surface area contributed by atoms with Gasteiger partial charge in [0.15, 0.2) is 0 Å². The van der Waals surface area contributed by atoms with Crippen LogP contribution in [0.5, 0.6) is 0 Å². The van der Waals surface area contributed by atoms with Crippen LogP contribution >= 0.6 is 0 Å². The Morgan fingerprint density at radius 2 is 2.07 bits per heavy atom. The maximum absolute atomic E-state index is 8.90. The first kappa shape index (κ1) is 11.5. The van der Waals surface area contributed by atoms with Crippen molar-refractivity contribution < 1.29 is 0 Å². The lowest BCUT2D eigenvalue weighted by atomic mass is 9.96. The molecular formula is C12H22N2. The fraction of sp³-hybridized carbons (Fsp3) is 0.917. The SMILES string of the molecule is CCC(C#N)NC1CCCCCC1C. The topological polar surface area (TPSA) is 35.8 Å². The van der Waals surface area contributed by atoms with Crippen LogP contribution in [-0.2, 0) is 0 Å². The third-order valence-corrected chi connectivity index (χ3v) is 3.34. The van der Waals surface area contributed by atoms with Crippen LogP contribution < -0.4 is 5.32 Å². The summed E-state index contributed by atoms with van der Waals surface area (Å²) >= 11 is 0. The van der Waals surface area contributed by atoms with Crippen molar-refractivity contribution in [2.24, 2.45) is 5.92 Å². The average molecular weight is 194 g/mol. The van der Waals surface area contributed by atoms with E-state index in [1.165, 1.54) is 32.1 Å². The maximum atomic E-state index is 8.90. The zero-order valence-corrected chi connectivity index (χ0v) is 9.42. The number of nitriles is 1. The van der Waals surface area contributed by atoms with Gasteiger partial charge in [-0.1, -0.05) is 33.1 Å². The minimum absolute atomic E-state index is 0.0561. The van der Waals surface area contributed by atoms with Gasteiger partial charge in [0.2, 0.25) is 0 Å². The van der Waals surface area contributed by atoms with Crippen molar-refractivity contribution in [2.75, 3.05) is 0 Å². The van der Waals surface area contributed by atoms with E-state index in [0.29, 0.717) is 6.04 Å². The van der Waals surface area contributed by atoms with E-state index in [0.717, 1.165) is 12.3 Å². The molecule has 0 bridgehead atoms. The van der Waals surface area contributed by atoms with Gasteiger partial charge in [0, 0.05) is 6.04 Å². The summed E-state index contributed by atoms with van der Waals surface area (Å²) < 4.78 is 0. The molecule has 0 aromatic carbocycles. The minimum atomic E-state index is 0.0561. The first-order valence-corrected chi connectivity index (χ1v) is 5.93. The highest BCUT2D eigenvalue weighted by molar-refractivity contribution is 4.92. The van der Waals surface area contributed by atoms with Gasteiger partial charge >= 0.3 is 0 Å². The fourth-order valence-corrected chi connectivity index (χ4v) is 2.25. The number of hydrogen-bond acceptors (Lipinski definition) is 2. The van der Waals surface area contributed by atoms with Crippen molar-refractivity contribution >= 4 is 0 Å². The Kier molecular flexibility index (Phi) is 4.97. The number of rotatable bonds is 3. The average Bonchev–Trinajstić information content (AvgIpc) is 2.40. The highest BCUT2D eigenvalue weighted by Crippen LogP contribution is 2.23. The Morgan fingerprint density at radius 1 is 1.36 bits per heavy atom. The summed E-state index contributed by atoms with van der Waals surface area (Å²) in [6.07, 6.45) is 7.54. The summed E-state index contributed by atoms with van der Waals surface area (Å²) in [5.41, 5.74) is 0. The Bertz CT molecular complexity index is 195. The third-order valence-electron chi connectivity index (χ3n) is 3.34. The summed E-state index contributed by atoms with van der Waals surface area (Å²) in [7, 11) is 0. The molecule has 0 amide bonds. The van der Waals surface area contributed by atoms with Crippen molar-refractivity contribution in [3.63, 3.8) is 0 Å². The minimum Gasteiger partial charge on any atom is -0.299 e. The van der Waals surface area contributed by atoms with Gasteiger partial charge in [0.05, 0.1) is 12.1 Å². The normalized spacial score (nSPS) is 30.4. The van der Waals surface area contributed by atoms with E-state index in [1.807, 2.05) is 0 Å². The molecule has 14 heavy (non-hydrogen) atoms. The summed E-state index contributed by atoms with van der Waals surface area (Å²) in [6.45, 7) is 4.38. The van der Waals surface area contributed by atoms with Gasteiger partial charge in [-0.2, -0.15) is 5.26 Å². The summed E-state index contributed by atoms with van der Waals surface area (Å²) in [5, 5.41) is 12.4. The first-order valence-electron chi connectivity index (χ1n) is 5.93. The van der Waals surface area contributed by atoms with Crippen molar-refractivity contribution in [3.8, 4) is 6.07 Å². The van der Waals surface area contributed by atoms with Gasteiger partial charge in [-0.3, -0.25) is 5.32 Å². The largest absolute Gasteiger partial charge is 0.299 e. The van der Waals surface area contributed by atoms with Crippen LogP contribution in [0.15, 0.2) is 0 Å². The van der Waals surface area contributed by atoms with E-state index in [1.54, 1.807) is 0 Å². The molecule has 1 N–H and O–H groups in total. The second kappa shape index (κ2) is 6.03. The quantitative estimate of drug-likeness (QED) is 0.701. The lowest BCUT2D eigenvalue weighted by Crippen LogP contribution is -2.40. The second-order valence-electron chi connectivity index (χ2n) is 4.48. The van der Waals surface area contributed by atoms with Crippen LogP contribution in [0.4, 0.5) is 0 Å². The van der Waals surface area contributed by atoms with Gasteiger partial charge < -0.3 is 0 Å². The van der Waals surface area contributed by atoms with E-state index in [9.17, 15) is 0 Å². The summed E-state index contributed by atoms with van der Waals surface area (Å²) in [4.78, 5) is 0. The van der Waals surface area contributed by atoms with Crippen molar-refractivity contribution in [1.82, 2.24) is 5.32 Å². The van der Waals surface area contributed by atoms with Gasteiger partial charge in [-0.05, 0) is 25.2 Å². The molecule has 3 atom stereocenters. The molecule has 0 aliphatic heterocycles. The van der Waals surface area contributed by atoms with Gasteiger partial charge in [0.25, 0.3) is 0 Å². The van der Waals surface area contributed by atoms with E-state index in [4.69, 9.17) is 5.26 Å². The third kappa shape index (κ3) is 3.31. The summed E-state index contributed by atoms with van der Waals surface area (Å²) in [5.74, 6) is 0.736. The van der Waals surface area contributed by atoms with Crippen LogP contribution in [0.2, 0.25) is 0 Å². The van der Waals surface area contributed by atoms with E-state index in [2.05, 4.69) is 25.2 Å². The van der Waals surface area contributed by atoms with Crippen LogP contribution in [0.3, 0.4) is 0 Å². The predicted molar refractivity (Wildman–Crippen MR) is 58.9 cm³/mol. The van der Waals surface area contributed by atoms with E-state index >= 15 is 0 Å². The molecule has 0 radical (unpaired) electrons. The Balaban J connectivity index is 2.44. The fourth-order valence-electron chi connectivity index (χ4n) is 2.25. The van der Waals surface area contributed by atoms with Gasteiger partial charge in [-0.25, -0.2) is 0 Å². The van der Waals surface area contributed by atoms with Crippen LogP contribution in [0, 0.1) is 17.2 Å². The molecule has 2 nitrogen and oxygen atoms in total. The molecule has 0 spiro atoms. The van der Waals surface area contributed by atoms with Crippen LogP contribution in [0.1, 0.15) is 52.4 Å². The van der Waals surface area contributed by atoms with Gasteiger partial charge in [-0.15, -0.1) is 0 Å². The monoisotopic (exact) mass is 194 g/mol. The molecule has 1 aliphatic rings. The molecule has 1 fully saturated rings. The predicted octanol–water partition coefficient (Wildman–Crippen LogP) is 2.85. The Labute approximate surface area is 87.7 Å². The van der Waals surface area contributed by atoms with E-state index < -0.39 is 0 Å². The molecule has 1 aliphatic carbocycles. The molecular weight excluding hydrogens is 172 g/mol. The molecule has 3 unspecified atom stereocenters. The molecule has 1 saturated carbocycles. The van der Waals surface area contributed by atoms with Crippen LogP contribution in [0.25, 0.3) is 0 Å². The first-order chi connectivity index (χ1) is 6.77.